The van der Waals surface area contributed by atoms with E-state index in [1.807, 2.05) is 18.7 Å². The second-order valence-corrected chi connectivity index (χ2v) is 3.71. The first-order valence-corrected chi connectivity index (χ1v) is 5.56. The highest BCUT2D eigenvalue weighted by atomic mass is 16.2. The summed E-state index contributed by atoms with van der Waals surface area (Å²) in [4.78, 5) is 29.2. The van der Waals surface area contributed by atoms with Crippen LogP contribution in [-0.2, 0) is 14.1 Å². The van der Waals surface area contributed by atoms with E-state index in [4.69, 9.17) is 0 Å². The molecule has 0 unspecified atom stereocenters. The number of aromatic nitrogens is 2. The molecule has 0 aromatic carbocycles. The van der Waals surface area contributed by atoms with Crippen LogP contribution in [0.15, 0.2) is 20.6 Å². The van der Waals surface area contributed by atoms with Crippen molar-refractivity contribution in [1.29, 1.82) is 0 Å². The molecule has 0 saturated heterocycles. The highest BCUT2D eigenvalue weighted by Crippen LogP contribution is 2.03. The summed E-state index contributed by atoms with van der Waals surface area (Å²) in [6.45, 7) is 5.69. The van der Waals surface area contributed by atoms with Crippen LogP contribution in [0, 0.1) is 0 Å². The molecule has 1 heterocycles. The van der Waals surface area contributed by atoms with Gasteiger partial charge in [-0.3, -0.25) is 13.9 Å². The third-order valence-electron chi connectivity index (χ3n) is 2.67. The molecule has 0 aliphatic heterocycles. The Kier molecular flexibility index (Phi) is 4.25. The van der Waals surface area contributed by atoms with Crippen molar-refractivity contribution in [2.45, 2.75) is 13.8 Å². The van der Waals surface area contributed by atoms with Crippen molar-refractivity contribution in [3.05, 3.63) is 26.9 Å². The molecule has 0 fully saturated rings. The summed E-state index contributed by atoms with van der Waals surface area (Å²) in [6.07, 6.45) is 1.65. The molecule has 17 heavy (non-hydrogen) atoms. The zero-order valence-electron chi connectivity index (χ0n) is 10.7. The van der Waals surface area contributed by atoms with Crippen molar-refractivity contribution in [3.8, 4) is 0 Å². The van der Waals surface area contributed by atoms with Gasteiger partial charge >= 0.3 is 5.69 Å². The largest absolute Gasteiger partial charge is 0.363 e. The standard InChI is InChI=1S/C11H18N4O2/c1-5-15(6-2)8-12-9-7-10(16)14(4)11(17)13(9)3/h7-8H,5-6H2,1-4H3. The van der Waals surface area contributed by atoms with E-state index in [-0.39, 0.29) is 11.2 Å². The van der Waals surface area contributed by atoms with E-state index >= 15 is 0 Å². The lowest BCUT2D eigenvalue weighted by molar-refractivity contribution is 0.479. The van der Waals surface area contributed by atoms with Crippen LogP contribution in [0.1, 0.15) is 13.8 Å². The molecular formula is C11H18N4O2. The molecule has 0 radical (unpaired) electrons. The molecule has 94 valence electrons. The van der Waals surface area contributed by atoms with Gasteiger partial charge in [-0.15, -0.1) is 0 Å². The average Bonchev–Trinajstić information content (AvgIpc) is 2.33. The van der Waals surface area contributed by atoms with E-state index in [0.29, 0.717) is 5.82 Å². The highest BCUT2D eigenvalue weighted by Gasteiger charge is 2.04. The fourth-order valence-corrected chi connectivity index (χ4v) is 1.37. The lowest BCUT2D eigenvalue weighted by atomic mass is 10.5. The van der Waals surface area contributed by atoms with Crippen molar-refractivity contribution in [3.63, 3.8) is 0 Å². The lowest BCUT2D eigenvalue weighted by Gasteiger charge is -2.13. The maximum absolute atomic E-state index is 11.6. The molecule has 0 aliphatic rings. The molecule has 6 heteroatoms. The van der Waals surface area contributed by atoms with Crippen molar-refractivity contribution < 1.29 is 0 Å². The van der Waals surface area contributed by atoms with Crippen LogP contribution in [-0.4, -0.2) is 33.5 Å². The molecule has 0 saturated carbocycles. The van der Waals surface area contributed by atoms with Crippen molar-refractivity contribution in [1.82, 2.24) is 14.0 Å². The van der Waals surface area contributed by atoms with Gasteiger partial charge in [0.05, 0.1) is 6.34 Å². The van der Waals surface area contributed by atoms with Gasteiger partial charge in [-0.1, -0.05) is 0 Å². The molecule has 1 rings (SSSR count). The van der Waals surface area contributed by atoms with Gasteiger partial charge in [0.25, 0.3) is 5.56 Å². The lowest BCUT2D eigenvalue weighted by Crippen LogP contribution is -2.36. The van der Waals surface area contributed by atoms with Gasteiger partial charge in [0.2, 0.25) is 0 Å². The van der Waals surface area contributed by atoms with Gasteiger partial charge < -0.3 is 4.90 Å². The fourth-order valence-electron chi connectivity index (χ4n) is 1.37. The third kappa shape index (κ3) is 2.83. The molecule has 0 aliphatic carbocycles. The van der Waals surface area contributed by atoms with Gasteiger partial charge in [0.1, 0.15) is 5.82 Å². The number of rotatable bonds is 4. The van der Waals surface area contributed by atoms with E-state index in [2.05, 4.69) is 4.99 Å². The maximum atomic E-state index is 11.6. The minimum atomic E-state index is -0.371. The molecular weight excluding hydrogens is 220 g/mol. The Labute approximate surface area is 99.8 Å². The van der Waals surface area contributed by atoms with E-state index in [0.717, 1.165) is 17.7 Å². The Bertz CT molecular complexity index is 523. The summed E-state index contributed by atoms with van der Waals surface area (Å²) in [6, 6.07) is 1.35. The quantitative estimate of drug-likeness (QED) is 0.551. The van der Waals surface area contributed by atoms with Crippen LogP contribution in [0.4, 0.5) is 5.82 Å². The van der Waals surface area contributed by atoms with Crippen LogP contribution >= 0.6 is 0 Å². The van der Waals surface area contributed by atoms with Crippen LogP contribution in [0.25, 0.3) is 0 Å². The van der Waals surface area contributed by atoms with Gasteiger partial charge in [-0.25, -0.2) is 9.79 Å². The minimum absolute atomic E-state index is 0.347. The number of nitrogens with zero attached hydrogens (tertiary/aromatic N) is 4. The smallest absolute Gasteiger partial charge is 0.332 e. The van der Waals surface area contributed by atoms with Gasteiger partial charge in [0.15, 0.2) is 0 Å². The van der Waals surface area contributed by atoms with E-state index in [9.17, 15) is 9.59 Å². The highest BCUT2D eigenvalue weighted by molar-refractivity contribution is 5.59. The molecule has 1 aromatic rings. The van der Waals surface area contributed by atoms with Gasteiger partial charge in [0, 0.05) is 33.3 Å². The van der Waals surface area contributed by atoms with Crippen LogP contribution in [0.5, 0.6) is 0 Å². The van der Waals surface area contributed by atoms with Crippen molar-refractivity contribution >= 4 is 12.2 Å². The summed E-state index contributed by atoms with van der Waals surface area (Å²) < 4.78 is 2.40. The summed E-state index contributed by atoms with van der Waals surface area (Å²) in [5.41, 5.74) is -0.719. The Morgan fingerprint density at radius 2 is 1.82 bits per heavy atom. The predicted molar refractivity (Wildman–Crippen MR) is 68.0 cm³/mol. The zero-order valence-corrected chi connectivity index (χ0v) is 10.7. The van der Waals surface area contributed by atoms with Crippen LogP contribution in [0.3, 0.4) is 0 Å². The molecule has 0 spiro atoms. The first kappa shape index (κ1) is 13.2. The number of hydrogen-bond donors (Lipinski definition) is 0. The molecule has 0 atom stereocenters. The molecule has 0 amide bonds. The third-order valence-corrected chi connectivity index (χ3v) is 2.67. The average molecular weight is 238 g/mol. The predicted octanol–water partition coefficient (Wildman–Crippen LogP) is 0.0856. The monoisotopic (exact) mass is 238 g/mol. The number of hydrogen-bond acceptors (Lipinski definition) is 3. The first-order chi connectivity index (χ1) is 8.01. The Hall–Kier alpha value is -1.85. The van der Waals surface area contributed by atoms with E-state index in [1.54, 1.807) is 13.4 Å². The summed E-state index contributed by atoms with van der Waals surface area (Å²) in [7, 11) is 3.04. The molecule has 6 nitrogen and oxygen atoms in total. The Balaban J connectivity index is 3.17. The van der Waals surface area contributed by atoms with E-state index in [1.165, 1.54) is 17.7 Å². The number of aliphatic imine (C=N–C) groups is 1. The first-order valence-electron chi connectivity index (χ1n) is 5.56. The topological polar surface area (TPSA) is 59.6 Å². The normalized spacial score (nSPS) is 11.1. The van der Waals surface area contributed by atoms with E-state index < -0.39 is 0 Å². The second kappa shape index (κ2) is 5.47. The fraction of sp³-hybridized carbons (Fsp3) is 0.545. The van der Waals surface area contributed by atoms with Crippen molar-refractivity contribution in [2.75, 3.05) is 13.1 Å². The Morgan fingerprint density at radius 3 is 2.35 bits per heavy atom. The van der Waals surface area contributed by atoms with Crippen LogP contribution < -0.4 is 11.2 Å². The van der Waals surface area contributed by atoms with Crippen molar-refractivity contribution in [2.24, 2.45) is 19.1 Å². The zero-order chi connectivity index (χ0) is 13.0. The minimum Gasteiger partial charge on any atom is -0.363 e. The molecule has 1 aromatic heterocycles. The SMILES string of the molecule is CCN(C=Nc1cc(=O)n(C)c(=O)n1C)CC. The van der Waals surface area contributed by atoms with Gasteiger partial charge in [-0.05, 0) is 13.8 Å². The van der Waals surface area contributed by atoms with Gasteiger partial charge in [-0.2, -0.15) is 0 Å². The summed E-state index contributed by atoms with van der Waals surface area (Å²) in [5, 5.41) is 0. The maximum Gasteiger partial charge on any atom is 0.332 e. The van der Waals surface area contributed by atoms with Crippen LogP contribution in [0.2, 0.25) is 0 Å². The Morgan fingerprint density at radius 1 is 1.24 bits per heavy atom. The molecule has 0 N–H and O–H groups in total. The summed E-state index contributed by atoms with van der Waals surface area (Å²) in [5.74, 6) is 0.366. The second-order valence-electron chi connectivity index (χ2n) is 3.71. The molecule has 0 bridgehead atoms. The summed E-state index contributed by atoms with van der Waals surface area (Å²) >= 11 is 0.